The van der Waals surface area contributed by atoms with Gasteiger partial charge in [-0.15, -0.1) is 0 Å². The fourth-order valence-electron chi connectivity index (χ4n) is 0.585. The molecule has 0 fully saturated rings. The van der Waals surface area contributed by atoms with Crippen molar-refractivity contribution in [2.75, 3.05) is 5.33 Å². The van der Waals surface area contributed by atoms with Crippen LogP contribution in [-0.4, -0.2) is 11.3 Å². The zero-order chi connectivity index (χ0) is 8.10. The van der Waals surface area contributed by atoms with E-state index in [1.54, 1.807) is 12.1 Å². The van der Waals surface area contributed by atoms with E-state index in [0.717, 1.165) is 0 Å². The Hall–Kier alpha value is -0.770. The highest BCUT2D eigenvalue weighted by Crippen LogP contribution is 2.01. The molecule has 0 spiro atoms. The maximum atomic E-state index is 10.6. The summed E-state index contributed by atoms with van der Waals surface area (Å²) in [5.74, 6) is 0.362. The Morgan fingerprint density at radius 1 is 1.73 bits per heavy atom. The molecule has 1 rings (SSSR count). The molecule has 3 nitrogen and oxygen atoms in total. The van der Waals surface area contributed by atoms with E-state index in [1.165, 1.54) is 6.26 Å². The quantitative estimate of drug-likeness (QED) is 0.573. The molecule has 60 valence electrons. The van der Waals surface area contributed by atoms with Gasteiger partial charge in [0.25, 0.3) is 0 Å². The second-order valence-corrected chi connectivity index (χ2v) is 2.43. The maximum Gasteiger partial charge on any atom is 0.317 e. The average molecular weight is 219 g/mol. The lowest BCUT2D eigenvalue weighted by Gasteiger charge is -1.97. The first-order valence-electron chi connectivity index (χ1n) is 3.07. The van der Waals surface area contributed by atoms with Gasteiger partial charge in [-0.1, -0.05) is 15.9 Å². The van der Waals surface area contributed by atoms with Crippen molar-refractivity contribution in [1.29, 1.82) is 0 Å². The Labute approximate surface area is 72.5 Å². The van der Waals surface area contributed by atoms with Crippen molar-refractivity contribution in [3.8, 4) is 0 Å². The number of rotatable bonds is 3. The Kier molecular flexibility index (Phi) is 3.16. The molecule has 1 heterocycles. The third-order valence-corrected chi connectivity index (χ3v) is 1.52. The molecule has 1 aromatic heterocycles. The highest BCUT2D eigenvalue weighted by atomic mass is 79.9. The zero-order valence-corrected chi connectivity index (χ0v) is 7.33. The first-order chi connectivity index (χ1) is 5.33. The highest BCUT2D eigenvalue weighted by molar-refractivity contribution is 9.09. The van der Waals surface area contributed by atoms with E-state index in [0.29, 0.717) is 5.76 Å². The molecule has 0 aromatic carbocycles. The molecular formula is C7H7BrO3. The molecule has 4 heteroatoms. The van der Waals surface area contributed by atoms with Gasteiger partial charge >= 0.3 is 5.97 Å². The summed E-state index contributed by atoms with van der Waals surface area (Å²) in [6, 6.07) is 3.50. The average Bonchev–Trinajstić information content (AvgIpc) is 2.52. The van der Waals surface area contributed by atoms with Gasteiger partial charge in [0.05, 0.1) is 6.26 Å². The zero-order valence-electron chi connectivity index (χ0n) is 5.75. The van der Waals surface area contributed by atoms with Crippen molar-refractivity contribution < 1.29 is 13.9 Å². The first-order valence-corrected chi connectivity index (χ1v) is 4.19. The number of hydrogen-bond donors (Lipinski definition) is 0. The summed E-state index contributed by atoms with van der Waals surface area (Å²) in [4.78, 5) is 10.6. The number of carbonyl (C=O) groups is 1. The second kappa shape index (κ2) is 4.18. The molecule has 0 aliphatic carbocycles. The topological polar surface area (TPSA) is 39.4 Å². The minimum absolute atomic E-state index is 0.206. The third-order valence-electron chi connectivity index (χ3n) is 1.06. The molecule has 0 aliphatic heterocycles. The molecule has 0 unspecified atom stereocenters. The fraction of sp³-hybridized carbons (Fsp3) is 0.286. The van der Waals surface area contributed by atoms with Crippen LogP contribution in [0, 0.1) is 0 Å². The standard InChI is InChI=1S/C7H7BrO3/c8-4-7(9)11-5-6-2-1-3-10-6/h1-3H,4-5H2. The summed E-state index contributed by atoms with van der Waals surface area (Å²) in [5, 5.41) is 0.216. The van der Waals surface area contributed by atoms with Crippen molar-refractivity contribution in [3.63, 3.8) is 0 Å². The summed E-state index contributed by atoms with van der Waals surface area (Å²) in [7, 11) is 0. The van der Waals surface area contributed by atoms with E-state index in [9.17, 15) is 4.79 Å². The fourth-order valence-corrected chi connectivity index (χ4v) is 0.747. The summed E-state index contributed by atoms with van der Waals surface area (Å²) in [6.45, 7) is 0.206. The van der Waals surface area contributed by atoms with Crippen LogP contribution in [-0.2, 0) is 16.1 Å². The number of halogens is 1. The number of hydrogen-bond acceptors (Lipinski definition) is 3. The lowest BCUT2D eigenvalue weighted by Crippen LogP contribution is -2.04. The molecule has 11 heavy (non-hydrogen) atoms. The van der Waals surface area contributed by atoms with Gasteiger partial charge in [0.15, 0.2) is 0 Å². The number of furan rings is 1. The number of carbonyl (C=O) groups excluding carboxylic acids is 1. The first kappa shape index (κ1) is 8.33. The van der Waals surface area contributed by atoms with Crippen LogP contribution in [0.3, 0.4) is 0 Å². The maximum absolute atomic E-state index is 10.6. The molecule has 1 aromatic rings. The van der Waals surface area contributed by atoms with Gasteiger partial charge < -0.3 is 9.15 Å². The normalized spacial score (nSPS) is 9.55. The van der Waals surface area contributed by atoms with Crippen LogP contribution in [0.25, 0.3) is 0 Å². The molecule has 0 N–H and O–H groups in total. The second-order valence-electron chi connectivity index (χ2n) is 1.87. The number of esters is 1. The van der Waals surface area contributed by atoms with Crippen molar-refractivity contribution in [2.24, 2.45) is 0 Å². The van der Waals surface area contributed by atoms with Gasteiger partial charge in [-0.2, -0.15) is 0 Å². The van der Waals surface area contributed by atoms with Crippen LogP contribution in [0.2, 0.25) is 0 Å². The van der Waals surface area contributed by atoms with Gasteiger partial charge in [-0.05, 0) is 12.1 Å². The van der Waals surface area contributed by atoms with Gasteiger partial charge in [0, 0.05) is 0 Å². The van der Waals surface area contributed by atoms with Crippen LogP contribution < -0.4 is 0 Å². The number of alkyl halides is 1. The van der Waals surface area contributed by atoms with E-state index in [2.05, 4.69) is 15.9 Å². The Balaban J connectivity index is 2.29. The molecule has 0 aliphatic rings. The molecular weight excluding hydrogens is 212 g/mol. The lowest BCUT2D eigenvalue weighted by atomic mass is 10.5. The molecule has 0 saturated heterocycles. The minimum atomic E-state index is -0.290. The van der Waals surface area contributed by atoms with Crippen molar-refractivity contribution in [2.45, 2.75) is 6.61 Å². The molecule has 0 amide bonds. The minimum Gasteiger partial charge on any atom is -0.466 e. The third kappa shape index (κ3) is 2.76. The summed E-state index contributed by atoms with van der Waals surface area (Å²) < 4.78 is 9.69. The van der Waals surface area contributed by atoms with E-state index < -0.39 is 0 Å². The van der Waals surface area contributed by atoms with Crippen LogP contribution in [0.1, 0.15) is 5.76 Å². The van der Waals surface area contributed by atoms with Gasteiger partial charge in [-0.3, -0.25) is 4.79 Å². The molecule has 0 bridgehead atoms. The van der Waals surface area contributed by atoms with Crippen LogP contribution in [0.4, 0.5) is 0 Å². The summed E-state index contributed by atoms with van der Waals surface area (Å²) >= 11 is 2.97. The predicted octanol–water partition coefficient (Wildman–Crippen LogP) is 1.72. The van der Waals surface area contributed by atoms with Crippen molar-refractivity contribution in [1.82, 2.24) is 0 Å². The van der Waals surface area contributed by atoms with Crippen molar-refractivity contribution in [3.05, 3.63) is 24.2 Å². The number of ether oxygens (including phenoxy) is 1. The summed E-state index contributed by atoms with van der Waals surface area (Å²) in [6.07, 6.45) is 1.54. The summed E-state index contributed by atoms with van der Waals surface area (Å²) in [5.41, 5.74) is 0. The van der Waals surface area contributed by atoms with Crippen molar-refractivity contribution >= 4 is 21.9 Å². The van der Waals surface area contributed by atoms with Crippen LogP contribution >= 0.6 is 15.9 Å². The SMILES string of the molecule is O=C(CBr)OCc1ccco1. The Bertz CT molecular complexity index is 218. The van der Waals surface area contributed by atoms with E-state index in [1.807, 2.05) is 0 Å². The molecule has 0 saturated carbocycles. The largest absolute Gasteiger partial charge is 0.466 e. The highest BCUT2D eigenvalue weighted by Gasteiger charge is 2.00. The van der Waals surface area contributed by atoms with Crippen LogP contribution in [0.15, 0.2) is 22.8 Å². The van der Waals surface area contributed by atoms with E-state index >= 15 is 0 Å². The van der Waals surface area contributed by atoms with E-state index in [-0.39, 0.29) is 17.9 Å². The van der Waals surface area contributed by atoms with Crippen LogP contribution in [0.5, 0.6) is 0 Å². The Morgan fingerprint density at radius 3 is 3.09 bits per heavy atom. The van der Waals surface area contributed by atoms with Gasteiger partial charge in [-0.25, -0.2) is 0 Å². The van der Waals surface area contributed by atoms with Gasteiger partial charge in [0.1, 0.15) is 17.7 Å². The molecule has 0 atom stereocenters. The lowest BCUT2D eigenvalue weighted by molar-refractivity contribution is -0.142. The smallest absolute Gasteiger partial charge is 0.317 e. The predicted molar refractivity (Wildman–Crippen MR) is 42.3 cm³/mol. The Morgan fingerprint density at radius 2 is 2.55 bits per heavy atom. The molecule has 0 radical (unpaired) electrons. The monoisotopic (exact) mass is 218 g/mol. The van der Waals surface area contributed by atoms with E-state index in [4.69, 9.17) is 9.15 Å². The van der Waals surface area contributed by atoms with Gasteiger partial charge in [0.2, 0.25) is 0 Å².